The summed E-state index contributed by atoms with van der Waals surface area (Å²) in [6.45, 7) is 5.97. The van der Waals surface area contributed by atoms with E-state index in [1.54, 1.807) is 20.8 Å². The molecule has 1 atom stereocenters. The third kappa shape index (κ3) is 5.68. The topological polar surface area (TPSA) is 86.7 Å². The molecule has 3 aromatic carbocycles. The highest BCUT2D eigenvalue weighted by molar-refractivity contribution is 7.89. The number of hydrogen-bond acceptors (Lipinski definition) is 4. The summed E-state index contributed by atoms with van der Waals surface area (Å²) >= 11 is 0. The van der Waals surface area contributed by atoms with Crippen LogP contribution in [0.25, 0.3) is 11.1 Å². The third-order valence-corrected chi connectivity index (χ3v) is 7.73. The number of rotatable bonds is 9. The van der Waals surface area contributed by atoms with E-state index in [4.69, 9.17) is 0 Å². The van der Waals surface area contributed by atoms with E-state index < -0.39 is 15.6 Å². The van der Waals surface area contributed by atoms with E-state index in [1.165, 1.54) is 28.6 Å². The lowest BCUT2D eigenvalue weighted by atomic mass is 9.93. The second-order valence-corrected chi connectivity index (χ2v) is 9.95. The Balaban J connectivity index is 1.66. The van der Waals surface area contributed by atoms with Crippen molar-refractivity contribution < 1.29 is 18.3 Å². The minimum absolute atomic E-state index is 0.00993. The van der Waals surface area contributed by atoms with Gasteiger partial charge in [0.25, 0.3) is 5.91 Å². The largest absolute Gasteiger partial charge is 0.384 e. The Morgan fingerprint density at radius 3 is 1.97 bits per heavy atom. The standard InChI is InChI=1S/C26H30N2O4S/c1-4-28(5-2)33(31,32)24-17-13-22(14-18-24)25(29)27-19-26(3,30)23-15-11-21(12-16-23)20-9-7-6-8-10-20/h6-18,30H,4-5,19H2,1-3H3,(H,27,29). The maximum absolute atomic E-state index is 12.6. The van der Waals surface area contributed by atoms with E-state index in [0.29, 0.717) is 24.2 Å². The van der Waals surface area contributed by atoms with Gasteiger partial charge in [-0.2, -0.15) is 4.31 Å². The summed E-state index contributed by atoms with van der Waals surface area (Å²) in [5.74, 6) is -0.386. The number of sulfonamides is 1. The third-order valence-electron chi connectivity index (χ3n) is 5.67. The molecular formula is C26H30N2O4S. The number of aliphatic hydroxyl groups is 1. The molecule has 0 saturated heterocycles. The molecule has 0 aliphatic carbocycles. The van der Waals surface area contributed by atoms with Crippen molar-refractivity contribution in [1.82, 2.24) is 9.62 Å². The summed E-state index contributed by atoms with van der Waals surface area (Å²) in [6.07, 6.45) is 0. The predicted octanol–water partition coefficient (Wildman–Crippen LogP) is 4.02. The minimum Gasteiger partial charge on any atom is -0.384 e. The summed E-state index contributed by atoms with van der Waals surface area (Å²) in [5.41, 5.74) is 1.87. The molecular weight excluding hydrogens is 436 g/mol. The first kappa shape index (κ1) is 24.6. The number of amides is 1. The van der Waals surface area contributed by atoms with Crippen LogP contribution in [0.2, 0.25) is 0 Å². The fourth-order valence-electron chi connectivity index (χ4n) is 3.60. The number of hydrogen-bond donors (Lipinski definition) is 2. The molecule has 2 N–H and O–H groups in total. The maximum Gasteiger partial charge on any atom is 0.251 e. The summed E-state index contributed by atoms with van der Waals surface area (Å²) in [6, 6.07) is 23.4. The molecule has 0 aromatic heterocycles. The zero-order valence-corrected chi connectivity index (χ0v) is 20.0. The first-order valence-electron chi connectivity index (χ1n) is 11.0. The Labute approximate surface area is 195 Å². The van der Waals surface area contributed by atoms with Crippen molar-refractivity contribution in [1.29, 1.82) is 0 Å². The number of nitrogens with one attached hydrogen (secondary N) is 1. The van der Waals surface area contributed by atoms with Crippen molar-refractivity contribution in [2.45, 2.75) is 31.3 Å². The van der Waals surface area contributed by atoms with Gasteiger partial charge < -0.3 is 10.4 Å². The van der Waals surface area contributed by atoms with Crippen molar-refractivity contribution in [3.05, 3.63) is 90.0 Å². The minimum atomic E-state index is -3.58. The SMILES string of the molecule is CCN(CC)S(=O)(=O)c1ccc(C(=O)NCC(C)(O)c2ccc(-c3ccccc3)cc2)cc1. The van der Waals surface area contributed by atoms with E-state index in [2.05, 4.69) is 5.32 Å². The van der Waals surface area contributed by atoms with Gasteiger partial charge in [-0.15, -0.1) is 0 Å². The normalized spacial score (nSPS) is 13.5. The van der Waals surface area contributed by atoms with Gasteiger partial charge in [0, 0.05) is 18.7 Å². The van der Waals surface area contributed by atoms with Gasteiger partial charge in [-0.3, -0.25) is 4.79 Å². The monoisotopic (exact) mass is 466 g/mol. The lowest BCUT2D eigenvalue weighted by Crippen LogP contribution is -2.38. The predicted molar refractivity (Wildman–Crippen MR) is 130 cm³/mol. The van der Waals surface area contributed by atoms with Gasteiger partial charge in [-0.1, -0.05) is 68.4 Å². The average Bonchev–Trinajstić information content (AvgIpc) is 2.84. The number of nitrogens with zero attached hydrogens (tertiary/aromatic N) is 1. The van der Waals surface area contributed by atoms with Crippen molar-refractivity contribution >= 4 is 15.9 Å². The lowest BCUT2D eigenvalue weighted by molar-refractivity contribution is 0.0526. The van der Waals surface area contributed by atoms with Gasteiger partial charge in [0.2, 0.25) is 10.0 Å². The van der Waals surface area contributed by atoms with E-state index in [9.17, 15) is 18.3 Å². The van der Waals surface area contributed by atoms with Crippen LogP contribution in [0.4, 0.5) is 0 Å². The number of carbonyl (C=O) groups excluding carboxylic acids is 1. The van der Waals surface area contributed by atoms with Crippen molar-refractivity contribution in [3.8, 4) is 11.1 Å². The second kappa shape index (κ2) is 10.3. The fourth-order valence-corrected chi connectivity index (χ4v) is 5.06. The van der Waals surface area contributed by atoms with E-state index in [1.807, 2.05) is 54.6 Å². The molecule has 0 fully saturated rings. The van der Waals surface area contributed by atoms with Crippen molar-refractivity contribution in [3.63, 3.8) is 0 Å². The van der Waals surface area contributed by atoms with Crippen LogP contribution in [0.15, 0.2) is 83.8 Å². The maximum atomic E-state index is 12.6. The van der Waals surface area contributed by atoms with Crippen molar-refractivity contribution in [2.75, 3.05) is 19.6 Å². The van der Waals surface area contributed by atoms with Crippen LogP contribution in [-0.4, -0.2) is 43.4 Å². The van der Waals surface area contributed by atoms with Crippen LogP contribution in [0.3, 0.4) is 0 Å². The summed E-state index contributed by atoms with van der Waals surface area (Å²) in [7, 11) is -3.58. The van der Waals surface area contributed by atoms with Gasteiger partial charge in [-0.05, 0) is 47.9 Å². The Bertz CT molecular complexity index is 1170. The highest BCUT2D eigenvalue weighted by atomic mass is 32.2. The Hall–Kier alpha value is -3.00. The van der Waals surface area contributed by atoms with Crippen molar-refractivity contribution in [2.24, 2.45) is 0 Å². The van der Waals surface area contributed by atoms with E-state index in [0.717, 1.165) is 11.1 Å². The van der Waals surface area contributed by atoms with E-state index >= 15 is 0 Å². The van der Waals surface area contributed by atoms with Crippen LogP contribution in [0.1, 0.15) is 36.7 Å². The Kier molecular flexibility index (Phi) is 7.68. The quantitative estimate of drug-likeness (QED) is 0.499. The average molecular weight is 467 g/mol. The zero-order valence-electron chi connectivity index (χ0n) is 19.2. The molecule has 0 bridgehead atoms. The molecule has 3 aromatic rings. The summed E-state index contributed by atoms with van der Waals surface area (Å²) in [5, 5.41) is 13.6. The molecule has 174 valence electrons. The van der Waals surface area contributed by atoms with Crippen LogP contribution in [0.5, 0.6) is 0 Å². The van der Waals surface area contributed by atoms with Gasteiger partial charge in [0.05, 0.1) is 11.4 Å². The first-order valence-corrected chi connectivity index (χ1v) is 12.4. The molecule has 0 radical (unpaired) electrons. The highest BCUT2D eigenvalue weighted by Gasteiger charge is 2.25. The zero-order chi connectivity index (χ0) is 24.1. The van der Waals surface area contributed by atoms with Gasteiger partial charge in [0.15, 0.2) is 0 Å². The van der Waals surface area contributed by atoms with Crippen LogP contribution in [-0.2, 0) is 15.6 Å². The molecule has 1 unspecified atom stereocenters. The molecule has 3 rings (SSSR count). The summed E-state index contributed by atoms with van der Waals surface area (Å²) in [4.78, 5) is 12.7. The van der Waals surface area contributed by atoms with Gasteiger partial charge >= 0.3 is 0 Å². The van der Waals surface area contributed by atoms with Crippen LogP contribution >= 0.6 is 0 Å². The molecule has 0 saturated carbocycles. The first-order chi connectivity index (χ1) is 15.7. The molecule has 0 aliphatic rings. The second-order valence-electron chi connectivity index (χ2n) is 8.01. The fraction of sp³-hybridized carbons (Fsp3) is 0.269. The molecule has 0 heterocycles. The number of carbonyl (C=O) groups is 1. The molecule has 0 aliphatic heterocycles. The number of benzene rings is 3. The Morgan fingerprint density at radius 1 is 0.879 bits per heavy atom. The Morgan fingerprint density at radius 2 is 1.42 bits per heavy atom. The van der Waals surface area contributed by atoms with Gasteiger partial charge in [-0.25, -0.2) is 8.42 Å². The molecule has 0 spiro atoms. The molecule has 1 amide bonds. The smallest absolute Gasteiger partial charge is 0.251 e. The van der Waals surface area contributed by atoms with E-state index in [-0.39, 0.29) is 17.3 Å². The molecule has 7 heteroatoms. The van der Waals surface area contributed by atoms with Crippen LogP contribution < -0.4 is 5.32 Å². The summed E-state index contributed by atoms with van der Waals surface area (Å²) < 4.78 is 26.6. The molecule has 33 heavy (non-hydrogen) atoms. The van der Waals surface area contributed by atoms with Gasteiger partial charge in [0.1, 0.15) is 5.60 Å². The molecule has 6 nitrogen and oxygen atoms in total. The highest BCUT2D eigenvalue weighted by Crippen LogP contribution is 2.25. The van der Waals surface area contributed by atoms with Crippen LogP contribution in [0, 0.1) is 0 Å². The lowest BCUT2D eigenvalue weighted by Gasteiger charge is -2.24.